The lowest BCUT2D eigenvalue weighted by Gasteiger charge is -1.96. The van der Waals surface area contributed by atoms with Gasteiger partial charge in [-0.25, -0.2) is 14.8 Å². The second-order valence-corrected chi connectivity index (χ2v) is 2.58. The van der Waals surface area contributed by atoms with Crippen molar-refractivity contribution in [3.8, 4) is 11.5 Å². The number of methoxy groups -OCH3 is 1. The summed E-state index contributed by atoms with van der Waals surface area (Å²) in [6.45, 7) is 0. The van der Waals surface area contributed by atoms with Gasteiger partial charge in [-0.3, -0.25) is 0 Å². The number of H-pyrrole nitrogens is 1. The summed E-state index contributed by atoms with van der Waals surface area (Å²) in [4.78, 5) is 19.2. The largest absolute Gasteiger partial charge is 0.464 e. The van der Waals surface area contributed by atoms with E-state index in [0.29, 0.717) is 5.82 Å². The zero-order valence-electron chi connectivity index (χ0n) is 7.84. The number of aromatic amines is 1. The Morgan fingerprint density at radius 2 is 2.07 bits per heavy atom. The van der Waals surface area contributed by atoms with Crippen LogP contribution in [0.15, 0.2) is 18.5 Å². The fourth-order valence-electron chi connectivity index (χ4n) is 1.05. The third-order valence-electron chi connectivity index (χ3n) is 1.70. The number of carbonyl (C=O) groups is 1. The van der Waals surface area contributed by atoms with E-state index in [1.807, 2.05) is 0 Å². The predicted molar refractivity (Wildman–Crippen MR) is 48.7 cm³/mol. The van der Waals surface area contributed by atoms with E-state index in [2.05, 4.69) is 30.1 Å². The molecule has 7 heteroatoms. The van der Waals surface area contributed by atoms with E-state index < -0.39 is 5.97 Å². The molecule has 0 fully saturated rings. The first-order valence-corrected chi connectivity index (χ1v) is 4.09. The third-order valence-corrected chi connectivity index (χ3v) is 1.70. The van der Waals surface area contributed by atoms with Gasteiger partial charge < -0.3 is 4.74 Å². The summed E-state index contributed by atoms with van der Waals surface area (Å²) in [5, 5.41) is 9.80. The third kappa shape index (κ3) is 1.66. The number of nitrogens with one attached hydrogen (secondary N) is 1. The number of ether oxygens (including phenoxy) is 1. The van der Waals surface area contributed by atoms with E-state index in [1.165, 1.54) is 7.11 Å². The first kappa shape index (κ1) is 9.25. The van der Waals surface area contributed by atoms with Gasteiger partial charge in [0, 0.05) is 12.4 Å². The molecule has 2 heterocycles. The zero-order valence-corrected chi connectivity index (χ0v) is 7.84. The van der Waals surface area contributed by atoms with Crippen LogP contribution in [0.25, 0.3) is 11.5 Å². The molecule has 7 nitrogen and oxygen atoms in total. The molecule has 0 aliphatic heterocycles. The lowest BCUT2D eigenvalue weighted by atomic mass is 10.3. The summed E-state index contributed by atoms with van der Waals surface area (Å²) in [6.07, 6.45) is 3.11. The van der Waals surface area contributed by atoms with Crippen molar-refractivity contribution in [1.29, 1.82) is 0 Å². The van der Waals surface area contributed by atoms with Crippen molar-refractivity contribution in [2.75, 3.05) is 7.11 Å². The minimum absolute atomic E-state index is 0.0729. The lowest BCUT2D eigenvalue weighted by molar-refractivity contribution is 0.0595. The van der Waals surface area contributed by atoms with Crippen LogP contribution in [0.3, 0.4) is 0 Å². The minimum Gasteiger partial charge on any atom is -0.464 e. The van der Waals surface area contributed by atoms with Crippen molar-refractivity contribution < 1.29 is 9.53 Å². The molecule has 76 valence electrons. The summed E-state index contributed by atoms with van der Waals surface area (Å²) in [5.74, 6) is -0.252. The average Bonchev–Trinajstić information content (AvgIpc) is 2.78. The van der Waals surface area contributed by atoms with E-state index >= 15 is 0 Å². The van der Waals surface area contributed by atoms with E-state index in [4.69, 9.17) is 0 Å². The Balaban J connectivity index is 2.46. The molecule has 0 saturated heterocycles. The van der Waals surface area contributed by atoms with Gasteiger partial charge in [-0.05, 0) is 6.07 Å². The van der Waals surface area contributed by atoms with Crippen LogP contribution in [0.1, 0.15) is 10.5 Å². The predicted octanol–water partition coefficient (Wildman–Crippen LogP) is 0.0483. The van der Waals surface area contributed by atoms with Crippen LogP contribution in [-0.4, -0.2) is 38.5 Å². The summed E-state index contributed by atoms with van der Waals surface area (Å²) < 4.78 is 4.54. The van der Waals surface area contributed by atoms with Crippen LogP contribution < -0.4 is 0 Å². The van der Waals surface area contributed by atoms with Gasteiger partial charge in [0.15, 0.2) is 11.5 Å². The van der Waals surface area contributed by atoms with Crippen molar-refractivity contribution in [3.63, 3.8) is 0 Å². The summed E-state index contributed by atoms with van der Waals surface area (Å²) in [5.41, 5.74) is 0.353. The number of rotatable bonds is 2. The molecule has 0 saturated carbocycles. The molecule has 0 spiro atoms. The quantitative estimate of drug-likeness (QED) is 0.696. The Kier molecular flexibility index (Phi) is 2.36. The molecule has 0 amide bonds. The highest BCUT2D eigenvalue weighted by atomic mass is 16.5. The van der Waals surface area contributed by atoms with E-state index in [1.54, 1.807) is 18.5 Å². The van der Waals surface area contributed by atoms with Gasteiger partial charge in [-0.1, -0.05) is 0 Å². The van der Waals surface area contributed by atoms with Gasteiger partial charge in [-0.2, -0.15) is 10.3 Å². The molecule has 0 aromatic carbocycles. The molecular weight excluding hydrogens is 198 g/mol. The first-order chi connectivity index (χ1) is 7.33. The molecule has 2 rings (SSSR count). The zero-order chi connectivity index (χ0) is 10.7. The Bertz CT molecular complexity index is 467. The number of esters is 1. The molecule has 2 aromatic heterocycles. The molecule has 0 aliphatic carbocycles. The van der Waals surface area contributed by atoms with Crippen LogP contribution in [0, 0.1) is 0 Å². The molecule has 0 radical (unpaired) electrons. The maximum atomic E-state index is 11.3. The number of aromatic nitrogens is 5. The standard InChI is InChI=1S/C8H7N5O2/c1-15-8(14)6-5(11-13-12-6)7-9-3-2-4-10-7/h2-4H,1H3,(H,11,12,13). The molecule has 0 bridgehead atoms. The van der Waals surface area contributed by atoms with Gasteiger partial charge in [0.2, 0.25) is 5.69 Å². The van der Waals surface area contributed by atoms with Crippen LogP contribution >= 0.6 is 0 Å². The van der Waals surface area contributed by atoms with Crippen LogP contribution in [0.2, 0.25) is 0 Å². The summed E-state index contributed by atoms with van der Waals surface area (Å²) >= 11 is 0. The molecule has 1 N–H and O–H groups in total. The second-order valence-electron chi connectivity index (χ2n) is 2.58. The molecule has 0 unspecified atom stereocenters. The van der Waals surface area contributed by atoms with Crippen molar-refractivity contribution in [2.24, 2.45) is 0 Å². The maximum Gasteiger partial charge on any atom is 0.361 e. The number of nitrogens with zero attached hydrogens (tertiary/aromatic N) is 4. The van der Waals surface area contributed by atoms with E-state index in [9.17, 15) is 4.79 Å². The topological polar surface area (TPSA) is 93.7 Å². The van der Waals surface area contributed by atoms with Gasteiger partial charge in [0.05, 0.1) is 7.11 Å². The van der Waals surface area contributed by atoms with Crippen LogP contribution in [-0.2, 0) is 4.74 Å². The summed E-state index contributed by atoms with van der Waals surface area (Å²) in [7, 11) is 1.27. The van der Waals surface area contributed by atoms with Crippen molar-refractivity contribution in [2.45, 2.75) is 0 Å². The highest BCUT2D eigenvalue weighted by Crippen LogP contribution is 2.14. The monoisotopic (exact) mass is 205 g/mol. The maximum absolute atomic E-state index is 11.3. The first-order valence-electron chi connectivity index (χ1n) is 4.09. The molecule has 0 aliphatic rings. The highest BCUT2D eigenvalue weighted by Gasteiger charge is 2.19. The summed E-state index contributed by atoms with van der Waals surface area (Å²) in [6, 6.07) is 1.67. The SMILES string of the molecule is COC(=O)c1n[nH]nc1-c1ncccn1. The van der Waals surface area contributed by atoms with Crippen molar-refractivity contribution in [1.82, 2.24) is 25.4 Å². The fourth-order valence-corrected chi connectivity index (χ4v) is 1.05. The number of carbonyl (C=O) groups excluding carboxylic acids is 1. The number of hydrogen-bond acceptors (Lipinski definition) is 6. The van der Waals surface area contributed by atoms with Gasteiger partial charge >= 0.3 is 5.97 Å². The fraction of sp³-hybridized carbons (Fsp3) is 0.125. The van der Waals surface area contributed by atoms with Crippen molar-refractivity contribution >= 4 is 5.97 Å². The van der Waals surface area contributed by atoms with E-state index in [0.717, 1.165) is 0 Å². The molecular formula is C8H7N5O2. The molecule has 2 aromatic rings. The van der Waals surface area contributed by atoms with Gasteiger partial charge in [0.1, 0.15) is 0 Å². The van der Waals surface area contributed by atoms with Crippen LogP contribution in [0.5, 0.6) is 0 Å². The molecule has 15 heavy (non-hydrogen) atoms. The average molecular weight is 205 g/mol. The van der Waals surface area contributed by atoms with Gasteiger partial charge in [-0.15, -0.1) is 5.10 Å². The highest BCUT2D eigenvalue weighted by molar-refractivity contribution is 5.92. The molecule has 0 atom stereocenters. The van der Waals surface area contributed by atoms with Crippen LogP contribution in [0.4, 0.5) is 0 Å². The Morgan fingerprint density at radius 3 is 2.73 bits per heavy atom. The lowest BCUT2D eigenvalue weighted by Crippen LogP contribution is -2.04. The Labute approximate surface area is 84.5 Å². The minimum atomic E-state index is -0.578. The normalized spacial score (nSPS) is 9.93. The second kappa shape index (κ2) is 3.82. The Morgan fingerprint density at radius 1 is 1.33 bits per heavy atom. The van der Waals surface area contributed by atoms with Crippen molar-refractivity contribution in [3.05, 3.63) is 24.2 Å². The Hall–Kier alpha value is -2.31. The van der Waals surface area contributed by atoms with Gasteiger partial charge in [0.25, 0.3) is 0 Å². The smallest absolute Gasteiger partial charge is 0.361 e. The number of hydrogen-bond donors (Lipinski definition) is 1. The van der Waals surface area contributed by atoms with E-state index in [-0.39, 0.29) is 11.4 Å².